The van der Waals surface area contributed by atoms with Gasteiger partial charge in [-0.05, 0) is 38.5 Å². The normalized spacial score (nSPS) is 22.7. The third-order valence-corrected chi connectivity index (χ3v) is 7.17. The number of carbonyl (C=O) groups is 1. The summed E-state index contributed by atoms with van der Waals surface area (Å²) in [6, 6.07) is 1.61. The van der Waals surface area contributed by atoms with E-state index in [0.717, 1.165) is 0 Å². The molecule has 0 spiro atoms. The highest BCUT2D eigenvalue weighted by Crippen LogP contribution is 2.35. The molecule has 38 heavy (non-hydrogen) atoms. The second kappa shape index (κ2) is 21.1. The SMILES string of the molecule is NC1CCCCC1.NC1CCCCC1.NC1CCCCC1.O=C(O)[C@@H](O)[C@H](O)[C@@H](O)[C@@H](O)COP(=O)(O)O. The molecule has 0 saturated heterocycles. The second-order valence-electron chi connectivity index (χ2n) is 10.3. The average molecular weight is 574 g/mol. The summed E-state index contributed by atoms with van der Waals surface area (Å²) < 4.78 is 14.1. The van der Waals surface area contributed by atoms with Crippen molar-refractivity contribution >= 4 is 13.8 Å². The molecule has 3 saturated carbocycles. The molecule has 3 fully saturated rings. The van der Waals surface area contributed by atoms with Gasteiger partial charge in [-0.3, -0.25) is 4.52 Å². The van der Waals surface area contributed by atoms with Crippen LogP contribution < -0.4 is 17.2 Å². The van der Waals surface area contributed by atoms with Crippen molar-refractivity contribution < 1.29 is 49.2 Å². The van der Waals surface area contributed by atoms with E-state index in [9.17, 15) is 9.36 Å². The number of aliphatic hydroxyl groups excluding tert-OH is 4. The molecule has 4 atom stereocenters. The van der Waals surface area contributed by atoms with Crippen LogP contribution >= 0.6 is 7.82 Å². The van der Waals surface area contributed by atoms with E-state index in [1.165, 1.54) is 96.3 Å². The Balaban J connectivity index is 0.000000533. The first-order valence-corrected chi connectivity index (χ1v) is 15.2. The van der Waals surface area contributed by atoms with Crippen LogP contribution in [0, 0.1) is 0 Å². The lowest BCUT2D eigenvalue weighted by atomic mass is 9.97. The molecule has 228 valence electrons. The zero-order valence-electron chi connectivity index (χ0n) is 22.4. The number of carboxylic acid groups (broad SMARTS) is 1. The van der Waals surface area contributed by atoms with E-state index in [1.807, 2.05) is 0 Å². The number of hydrogen-bond acceptors (Lipinski definition) is 10. The van der Waals surface area contributed by atoms with E-state index < -0.39 is 44.8 Å². The van der Waals surface area contributed by atoms with E-state index in [0.29, 0.717) is 18.1 Å². The first kappa shape index (κ1) is 37.3. The van der Waals surface area contributed by atoms with Gasteiger partial charge >= 0.3 is 13.8 Å². The Morgan fingerprint density at radius 1 is 0.684 bits per heavy atom. The highest BCUT2D eigenvalue weighted by atomic mass is 31.2. The molecule has 0 unspecified atom stereocenters. The van der Waals surface area contributed by atoms with E-state index in [4.69, 9.17) is 52.5 Å². The molecule has 0 bridgehead atoms. The first-order valence-electron chi connectivity index (χ1n) is 13.7. The summed E-state index contributed by atoms with van der Waals surface area (Å²) in [6.45, 7) is -1.05. The molecule has 0 aromatic carbocycles. The summed E-state index contributed by atoms with van der Waals surface area (Å²) in [7, 11) is -4.86. The molecule has 13 N–H and O–H groups in total. The standard InChI is InChI=1S/3C6H13N.C6H13O10P/c3*7-6-4-2-1-3-5-6;7-2(1-16-17(13,14)15)3(8)4(9)5(10)6(11)12/h3*6H,1-5,7H2;2-5,7-10H,1H2,(H,11,12)(H2,13,14,15)/t;;;2-,3-,4+,5-/m...0/s1. The van der Waals surface area contributed by atoms with Crippen molar-refractivity contribution in [1.82, 2.24) is 0 Å². The van der Waals surface area contributed by atoms with Crippen LogP contribution in [0.2, 0.25) is 0 Å². The van der Waals surface area contributed by atoms with Crippen LogP contribution in [0.4, 0.5) is 0 Å². The van der Waals surface area contributed by atoms with Crippen molar-refractivity contribution in [3.63, 3.8) is 0 Å². The molecule has 14 heteroatoms. The minimum atomic E-state index is -4.86. The highest BCUT2D eigenvalue weighted by Gasteiger charge is 2.35. The second-order valence-corrected chi connectivity index (χ2v) is 11.6. The fraction of sp³-hybridized carbons (Fsp3) is 0.958. The molecule has 0 aromatic rings. The lowest BCUT2D eigenvalue weighted by Crippen LogP contribution is -2.48. The number of rotatable bonds is 7. The minimum absolute atomic E-state index is 0.536. The van der Waals surface area contributed by atoms with Gasteiger partial charge in [0.25, 0.3) is 0 Å². The van der Waals surface area contributed by atoms with E-state index in [2.05, 4.69) is 4.52 Å². The van der Waals surface area contributed by atoms with Crippen molar-refractivity contribution in [2.24, 2.45) is 17.2 Å². The summed E-state index contributed by atoms with van der Waals surface area (Å²) in [4.78, 5) is 26.8. The zero-order valence-corrected chi connectivity index (χ0v) is 23.3. The van der Waals surface area contributed by atoms with Gasteiger partial charge in [-0.15, -0.1) is 0 Å². The Labute approximate surface area is 226 Å². The number of carboxylic acids is 1. The van der Waals surface area contributed by atoms with Crippen molar-refractivity contribution in [3.8, 4) is 0 Å². The van der Waals surface area contributed by atoms with Crippen molar-refractivity contribution in [1.29, 1.82) is 0 Å². The molecule has 3 rings (SSSR count). The fourth-order valence-electron chi connectivity index (χ4n) is 4.24. The Morgan fingerprint density at radius 3 is 1.21 bits per heavy atom. The van der Waals surface area contributed by atoms with Crippen molar-refractivity contribution in [2.45, 2.75) is 139 Å². The van der Waals surface area contributed by atoms with Crippen LogP contribution in [-0.2, 0) is 13.9 Å². The molecule has 0 heterocycles. The number of nitrogens with two attached hydrogens (primary N) is 3. The summed E-state index contributed by atoms with van der Waals surface area (Å²) in [5.41, 5.74) is 16.9. The summed E-state index contributed by atoms with van der Waals surface area (Å²) in [6.07, 6.45) is 11.3. The van der Waals surface area contributed by atoms with Gasteiger partial charge < -0.3 is 52.5 Å². The van der Waals surface area contributed by atoms with Crippen LogP contribution in [-0.4, -0.2) is 90.4 Å². The molecule has 0 amide bonds. The Hall–Kier alpha value is -0.700. The minimum Gasteiger partial charge on any atom is -0.479 e. The number of phosphoric ester groups is 1. The smallest absolute Gasteiger partial charge is 0.469 e. The van der Waals surface area contributed by atoms with Gasteiger partial charge in [0.1, 0.15) is 18.3 Å². The zero-order chi connectivity index (χ0) is 29.1. The lowest BCUT2D eigenvalue weighted by molar-refractivity contribution is -0.164. The number of aliphatic hydroxyl groups is 4. The van der Waals surface area contributed by atoms with Gasteiger partial charge in [0.05, 0.1) is 6.61 Å². The third-order valence-electron chi connectivity index (χ3n) is 6.68. The average Bonchev–Trinajstić information content (AvgIpc) is 2.88. The monoisotopic (exact) mass is 573 g/mol. The molecule has 3 aliphatic carbocycles. The van der Waals surface area contributed by atoms with E-state index >= 15 is 0 Å². The molecule has 13 nitrogen and oxygen atoms in total. The van der Waals surface area contributed by atoms with Crippen LogP contribution in [0.1, 0.15) is 96.3 Å². The van der Waals surface area contributed by atoms with Crippen LogP contribution in [0.3, 0.4) is 0 Å². The number of phosphoric acid groups is 1. The molecule has 0 radical (unpaired) electrons. The predicted octanol–water partition coefficient (Wildman–Crippen LogP) is 0.457. The Bertz CT molecular complexity index is 601. The topological polar surface area (TPSA) is 263 Å². The van der Waals surface area contributed by atoms with E-state index in [-0.39, 0.29) is 0 Å². The maximum Gasteiger partial charge on any atom is 0.469 e. The van der Waals surface area contributed by atoms with Gasteiger partial charge in [-0.25, -0.2) is 9.36 Å². The van der Waals surface area contributed by atoms with Crippen LogP contribution in [0.25, 0.3) is 0 Å². The number of aliphatic carboxylic acids is 1. The first-order chi connectivity index (χ1) is 17.7. The maximum atomic E-state index is 10.2. The van der Waals surface area contributed by atoms with Crippen LogP contribution in [0.15, 0.2) is 0 Å². The Kier molecular flexibility index (Phi) is 20.7. The fourth-order valence-corrected chi connectivity index (χ4v) is 4.58. The molecular formula is C24H52N3O10P. The summed E-state index contributed by atoms with van der Waals surface area (Å²) in [5, 5.41) is 44.4. The van der Waals surface area contributed by atoms with Gasteiger partial charge in [0.2, 0.25) is 0 Å². The van der Waals surface area contributed by atoms with Crippen LogP contribution in [0.5, 0.6) is 0 Å². The highest BCUT2D eigenvalue weighted by molar-refractivity contribution is 7.46. The van der Waals surface area contributed by atoms with Crippen molar-refractivity contribution in [3.05, 3.63) is 0 Å². The quantitative estimate of drug-likeness (QED) is 0.186. The molecular weight excluding hydrogens is 521 g/mol. The van der Waals surface area contributed by atoms with Gasteiger partial charge in [-0.2, -0.15) is 0 Å². The summed E-state index contributed by atoms with van der Waals surface area (Å²) >= 11 is 0. The van der Waals surface area contributed by atoms with Gasteiger partial charge in [0, 0.05) is 18.1 Å². The van der Waals surface area contributed by atoms with Gasteiger partial charge in [-0.1, -0.05) is 57.8 Å². The Morgan fingerprint density at radius 2 is 1.00 bits per heavy atom. The molecule has 3 aliphatic rings. The van der Waals surface area contributed by atoms with Gasteiger partial charge in [0.15, 0.2) is 6.10 Å². The molecule has 0 aromatic heterocycles. The van der Waals surface area contributed by atoms with E-state index in [1.54, 1.807) is 0 Å². The maximum absolute atomic E-state index is 10.2. The third kappa shape index (κ3) is 20.2. The largest absolute Gasteiger partial charge is 0.479 e. The van der Waals surface area contributed by atoms with Crippen molar-refractivity contribution in [2.75, 3.05) is 6.61 Å². The lowest BCUT2D eigenvalue weighted by Gasteiger charge is -2.24. The molecule has 0 aliphatic heterocycles. The number of hydrogen-bond donors (Lipinski definition) is 10. The summed E-state index contributed by atoms with van der Waals surface area (Å²) in [5.74, 6) is -1.83. The predicted molar refractivity (Wildman–Crippen MR) is 143 cm³/mol.